The van der Waals surface area contributed by atoms with E-state index >= 15 is 0 Å². The van der Waals surface area contributed by atoms with Gasteiger partial charge < -0.3 is 15.5 Å². The average molecular weight is 385 g/mol. The van der Waals surface area contributed by atoms with Crippen LogP contribution >= 0.6 is 22.7 Å². The summed E-state index contributed by atoms with van der Waals surface area (Å²) < 4.78 is 0. The highest BCUT2D eigenvalue weighted by molar-refractivity contribution is 7.19. The third kappa shape index (κ3) is 3.70. The van der Waals surface area contributed by atoms with Crippen LogP contribution in [0, 0.1) is 11.3 Å². The number of hydrogen-bond donors (Lipinski definition) is 1. The lowest BCUT2D eigenvalue weighted by atomic mass is 10.1. The maximum atomic E-state index is 9.54. The maximum Gasteiger partial charge on any atom is 0.185 e. The predicted octanol–water partition coefficient (Wildman–Crippen LogP) is 3.52. The van der Waals surface area contributed by atoms with Crippen LogP contribution in [0.3, 0.4) is 0 Å². The van der Waals surface area contributed by atoms with Crippen LogP contribution in [0.15, 0.2) is 23.7 Å². The third-order valence-corrected chi connectivity index (χ3v) is 5.91. The van der Waals surface area contributed by atoms with Crippen molar-refractivity contribution in [1.29, 1.82) is 5.26 Å². The Hall–Kier alpha value is -2.47. The van der Waals surface area contributed by atoms with Crippen molar-refractivity contribution in [2.45, 2.75) is 6.54 Å². The number of thiazole rings is 1. The second-order valence-corrected chi connectivity index (χ2v) is 8.31. The van der Waals surface area contributed by atoms with Crippen molar-refractivity contribution in [1.82, 2.24) is 14.9 Å². The Morgan fingerprint density at radius 2 is 1.96 bits per heavy atom. The lowest BCUT2D eigenvalue weighted by molar-refractivity contribution is 0.403. The molecule has 2 N–H and O–H groups in total. The predicted molar refractivity (Wildman–Crippen MR) is 110 cm³/mol. The summed E-state index contributed by atoms with van der Waals surface area (Å²) in [6.07, 6.45) is 1.78. The van der Waals surface area contributed by atoms with Gasteiger partial charge in [0.15, 0.2) is 5.13 Å². The fraction of sp³-hybridized carbons (Fsp3) is 0.278. The van der Waals surface area contributed by atoms with Gasteiger partial charge in [-0.15, -0.1) is 11.3 Å². The van der Waals surface area contributed by atoms with E-state index in [0.29, 0.717) is 5.56 Å². The van der Waals surface area contributed by atoms with Gasteiger partial charge in [0.05, 0.1) is 15.4 Å². The van der Waals surface area contributed by atoms with Gasteiger partial charge in [-0.1, -0.05) is 11.3 Å². The van der Waals surface area contributed by atoms with Crippen LogP contribution in [0.1, 0.15) is 11.1 Å². The van der Waals surface area contributed by atoms with Gasteiger partial charge in [0.1, 0.15) is 17.5 Å². The first-order valence-corrected chi connectivity index (χ1v) is 9.65. The number of aromatic nitrogens is 2. The average Bonchev–Trinajstić information content (AvgIpc) is 3.23. The van der Waals surface area contributed by atoms with Crippen LogP contribution < -0.4 is 10.6 Å². The molecule has 26 heavy (non-hydrogen) atoms. The molecule has 0 unspecified atom stereocenters. The molecule has 3 aromatic rings. The van der Waals surface area contributed by atoms with Crippen LogP contribution in [-0.4, -0.2) is 43.1 Å². The summed E-state index contributed by atoms with van der Waals surface area (Å²) in [7, 11) is 7.97. The molecule has 0 aliphatic carbocycles. The van der Waals surface area contributed by atoms with E-state index in [1.165, 1.54) is 16.9 Å². The fourth-order valence-corrected chi connectivity index (χ4v) is 4.28. The Balaban J connectivity index is 2.07. The molecule has 0 aromatic carbocycles. The lowest BCUT2D eigenvalue weighted by Crippen LogP contribution is -2.09. The van der Waals surface area contributed by atoms with Gasteiger partial charge >= 0.3 is 0 Å². The van der Waals surface area contributed by atoms with Crippen molar-refractivity contribution < 1.29 is 0 Å². The number of nitriles is 1. The molecular weight excluding hydrogens is 364 g/mol. The van der Waals surface area contributed by atoms with Crippen LogP contribution in [0.25, 0.3) is 21.0 Å². The van der Waals surface area contributed by atoms with E-state index in [9.17, 15) is 5.26 Å². The van der Waals surface area contributed by atoms with E-state index in [2.05, 4.69) is 32.4 Å². The molecule has 0 saturated carbocycles. The minimum absolute atomic E-state index is 0.252. The highest BCUT2D eigenvalue weighted by Crippen LogP contribution is 2.37. The van der Waals surface area contributed by atoms with Gasteiger partial charge in [0, 0.05) is 32.4 Å². The number of nitrogens with two attached hydrogens (primary N) is 1. The zero-order valence-electron chi connectivity index (χ0n) is 15.1. The molecule has 0 aliphatic rings. The first kappa shape index (κ1) is 18.3. The molecule has 0 fully saturated rings. The molecule has 0 saturated heterocycles. The molecule has 3 heterocycles. The van der Waals surface area contributed by atoms with E-state index in [4.69, 9.17) is 5.73 Å². The summed E-state index contributed by atoms with van der Waals surface area (Å²) in [6.45, 7) is 0.871. The van der Waals surface area contributed by atoms with Crippen molar-refractivity contribution in [3.05, 3.63) is 34.8 Å². The highest BCUT2D eigenvalue weighted by atomic mass is 32.1. The van der Waals surface area contributed by atoms with E-state index in [-0.39, 0.29) is 5.82 Å². The van der Waals surface area contributed by atoms with Crippen LogP contribution in [0.2, 0.25) is 0 Å². The minimum Gasteiger partial charge on any atom is -0.383 e. The van der Waals surface area contributed by atoms with E-state index in [0.717, 1.165) is 32.7 Å². The first-order chi connectivity index (χ1) is 12.4. The second kappa shape index (κ2) is 7.41. The Kier molecular flexibility index (Phi) is 5.23. The Bertz CT molecular complexity index is 964. The largest absolute Gasteiger partial charge is 0.383 e. The number of anilines is 2. The molecule has 0 aliphatic heterocycles. The van der Waals surface area contributed by atoms with Crippen molar-refractivity contribution >= 4 is 33.6 Å². The van der Waals surface area contributed by atoms with Crippen LogP contribution in [-0.2, 0) is 6.54 Å². The zero-order chi connectivity index (χ0) is 18.8. The molecule has 0 amide bonds. The van der Waals surface area contributed by atoms with Crippen molar-refractivity contribution in [2.24, 2.45) is 0 Å². The smallest absolute Gasteiger partial charge is 0.185 e. The Morgan fingerprint density at radius 3 is 2.58 bits per heavy atom. The molecule has 3 aromatic heterocycles. The number of thiophene rings is 1. The fourth-order valence-electron chi connectivity index (χ4n) is 2.56. The SMILES string of the molecule is CN(C)Cc1csc(-c2cc(-c3cnc(N(C)C)s3)c(C#N)c(N)n2)c1. The van der Waals surface area contributed by atoms with Gasteiger partial charge in [0.2, 0.25) is 0 Å². The third-order valence-electron chi connectivity index (χ3n) is 3.71. The number of pyridine rings is 1. The minimum atomic E-state index is 0.252. The van der Waals surface area contributed by atoms with E-state index < -0.39 is 0 Å². The maximum absolute atomic E-state index is 9.54. The van der Waals surface area contributed by atoms with Crippen molar-refractivity contribution in [3.63, 3.8) is 0 Å². The summed E-state index contributed by atoms with van der Waals surface area (Å²) >= 11 is 3.16. The van der Waals surface area contributed by atoms with Crippen molar-refractivity contribution in [2.75, 3.05) is 38.8 Å². The van der Waals surface area contributed by atoms with Gasteiger partial charge in [-0.25, -0.2) is 9.97 Å². The monoisotopic (exact) mass is 384 g/mol. The Morgan fingerprint density at radius 1 is 1.19 bits per heavy atom. The number of nitrogen functional groups attached to an aromatic ring is 1. The van der Waals surface area contributed by atoms with Gasteiger partial charge in [0.25, 0.3) is 0 Å². The molecular formula is C18H20N6S2. The Labute approximate surface area is 161 Å². The summed E-state index contributed by atoms with van der Waals surface area (Å²) in [5.74, 6) is 0.252. The van der Waals surface area contributed by atoms with Crippen molar-refractivity contribution in [3.8, 4) is 27.1 Å². The molecule has 6 nitrogen and oxygen atoms in total. The quantitative estimate of drug-likeness (QED) is 0.725. The summed E-state index contributed by atoms with van der Waals surface area (Å²) in [4.78, 5) is 14.9. The normalized spacial score (nSPS) is 10.9. The van der Waals surface area contributed by atoms with Crippen LogP contribution in [0.5, 0.6) is 0 Å². The number of hydrogen-bond acceptors (Lipinski definition) is 8. The number of nitrogens with zero attached hydrogens (tertiary/aromatic N) is 5. The molecule has 0 atom stereocenters. The summed E-state index contributed by atoms with van der Waals surface area (Å²) in [6, 6.07) is 6.25. The lowest BCUT2D eigenvalue weighted by Gasteiger charge is -2.08. The van der Waals surface area contributed by atoms with E-state index in [1.807, 2.05) is 39.2 Å². The van der Waals surface area contributed by atoms with Gasteiger partial charge in [-0.05, 0) is 37.2 Å². The van der Waals surface area contributed by atoms with Gasteiger partial charge in [-0.2, -0.15) is 5.26 Å². The molecule has 8 heteroatoms. The molecule has 0 spiro atoms. The summed E-state index contributed by atoms with van der Waals surface area (Å²) in [5.41, 5.74) is 9.29. The van der Waals surface area contributed by atoms with Gasteiger partial charge in [-0.3, -0.25) is 0 Å². The second-order valence-electron chi connectivity index (χ2n) is 6.39. The number of rotatable bonds is 5. The van der Waals surface area contributed by atoms with Crippen LogP contribution in [0.4, 0.5) is 10.9 Å². The first-order valence-electron chi connectivity index (χ1n) is 7.95. The van der Waals surface area contributed by atoms with E-state index in [1.54, 1.807) is 17.5 Å². The standard InChI is InChI=1S/C18H20N6S2/c1-23(2)9-11-5-15(25-10-11)14-6-12(13(7-19)17(20)22-14)16-8-21-18(26-16)24(3)4/h5-6,8,10H,9H2,1-4H3,(H2,20,22). The highest BCUT2D eigenvalue weighted by Gasteiger charge is 2.17. The summed E-state index contributed by atoms with van der Waals surface area (Å²) in [5, 5.41) is 12.5. The molecule has 0 radical (unpaired) electrons. The molecule has 3 rings (SSSR count). The topological polar surface area (TPSA) is 82.1 Å². The zero-order valence-corrected chi connectivity index (χ0v) is 16.8. The molecule has 134 valence electrons. The molecule has 0 bridgehead atoms.